The Balaban J connectivity index is 1.75. The first-order valence-electron chi connectivity index (χ1n) is 10.4. The van der Waals surface area contributed by atoms with E-state index in [0.29, 0.717) is 18.4 Å². The lowest BCUT2D eigenvalue weighted by atomic mass is 9.73. The first kappa shape index (κ1) is 19.7. The highest BCUT2D eigenvalue weighted by Crippen LogP contribution is 2.36. The summed E-state index contributed by atoms with van der Waals surface area (Å²) in [5, 5.41) is 0.948. The number of aromatic nitrogens is 1. The highest BCUT2D eigenvalue weighted by atomic mass is 16.7. The van der Waals surface area contributed by atoms with Crippen LogP contribution in [0.2, 0.25) is 0 Å². The van der Waals surface area contributed by atoms with Gasteiger partial charge in [-0.3, -0.25) is 4.98 Å². The molecule has 5 atom stereocenters. The van der Waals surface area contributed by atoms with Crippen molar-refractivity contribution in [2.24, 2.45) is 11.8 Å². The van der Waals surface area contributed by atoms with Gasteiger partial charge in [0, 0.05) is 35.9 Å². The summed E-state index contributed by atoms with van der Waals surface area (Å²) in [6.45, 7) is 8.23. The van der Waals surface area contributed by atoms with Gasteiger partial charge in [-0.05, 0) is 37.1 Å². The monoisotopic (exact) mass is 397 g/mol. The molecule has 0 radical (unpaired) electrons. The fourth-order valence-electron chi connectivity index (χ4n) is 5.03. The summed E-state index contributed by atoms with van der Waals surface area (Å²) >= 11 is 0. The minimum atomic E-state index is -0.618. The summed E-state index contributed by atoms with van der Waals surface area (Å²) in [6, 6.07) is 7.95. The predicted octanol–water partition coefficient (Wildman–Crippen LogP) is 2.94. The maximum atomic E-state index is 12.3. The van der Waals surface area contributed by atoms with E-state index in [2.05, 4.69) is 17.6 Å². The molecule has 2 bridgehead atoms. The number of carbonyl (C=O) groups excluding carboxylic acids is 1. The van der Waals surface area contributed by atoms with Crippen molar-refractivity contribution < 1.29 is 23.9 Å². The number of ether oxygens (including phenoxy) is 3. The van der Waals surface area contributed by atoms with E-state index < -0.39 is 12.3 Å². The first-order chi connectivity index (χ1) is 14.1. The lowest BCUT2D eigenvalue weighted by Crippen LogP contribution is -3.20. The molecule has 1 unspecified atom stereocenters. The van der Waals surface area contributed by atoms with Crippen LogP contribution in [0.3, 0.4) is 0 Å². The van der Waals surface area contributed by atoms with E-state index in [0.717, 1.165) is 41.7 Å². The number of quaternary nitrogens is 1. The topological polar surface area (TPSA) is 62.1 Å². The molecule has 1 aromatic heterocycles. The van der Waals surface area contributed by atoms with Crippen molar-refractivity contribution in [3.05, 3.63) is 48.7 Å². The average Bonchev–Trinajstić information content (AvgIpc) is 2.77. The van der Waals surface area contributed by atoms with Crippen molar-refractivity contribution in [3.8, 4) is 5.75 Å². The minimum absolute atomic E-state index is 0.186. The van der Waals surface area contributed by atoms with Gasteiger partial charge < -0.3 is 19.1 Å². The third kappa shape index (κ3) is 3.81. The molecular formula is C23H29N2O4+. The molecule has 1 aromatic carbocycles. The van der Waals surface area contributed by atoms with Crippen LogP contribution in [0, 0.1) is 11.8 Å². The van der Waals surface area contributed by atoms with Crippen molar-refractivity contribution in [2.45, 2.75) is 31.9 Å². The molecule has 3 aliphatic heterocycles. The van der Waals surface area contributed by atoms with Crippen LogP contribution >= 0.6 is 0 Å². The van der Waals surface area contributed by atoms with E-state index in [1.807, 2.05) is 24.3 Å². The van der Waals surface area contributed by atoms with Gasteiger partial charge in [-0.25, -0.2) is 4.79 Å². The second-order valence-corrected chi connectivity index (χ2v) is 7.91. The molecule has 0 spiro atoms. The normalized spacial score (nSPS) is 26.7. The Bertz CT molecular complexity index is 900. The van der Waals surface area contributed by atoms with E-state index in [1.165, 1.54) is 11.3 Å². The Labute approximate surface area is 171 Å². The zero-order valence-corrected chi connectivity index (χ0v) is 17.1. The SMILES string of the molecule is C=C[C@H]1C[NH+]2CC[C@@H]1C[C@H]2[C@@H](OC(=O)OCC)c1ccnc2ccc(OC)cc12. The molecule has 3 fully saturated rings. The van der Waals surface area contributed by atoms with Gasteiger partial charge >= 0.3 is 6.16 Å². The molecule has 3 saturated heterocycles. The second-order valence-electron chi connectivity index (χ2n) is 7.91. The van der Waals surface area contributed by atoms with Crippen LogP contribution in [0.4, 0.5) is 4.79 Å². The predicted molar refractivity (Wildman–Crippen MR) is 110 cm³/mol. The third-order valence-corrected chi connectivity index (χ3v) is 6.46. The van der Waals surface area contributed by atoms with Crippen LogP contribution in [0.25, 0.3) is 10.9 Å². The number of methoxy groups -OCH3 is 1. The molecule has 4 heterocycles. The summed E-state index contributed by atoms with van der Waals surface area (Å²) < 4.78 is 16.5. The van der Waals surface area contributed by atoms with Crippen LogP contribution < -0.4 is 9.64 Å². The van der Waals surface area contributed by atoms with Crippen molar-refractivity contribution >= 4 is 17.1 Å². The summed E-state index contributed by atoms with van der Waals surface area (Å²) in [5.41, 5.74) is 1.82. The van der Waals surface area contributed by atoms with Gasteiger partial charge in [-0.2, -0.15) is 0 Å². The first-order valence-corrected chi connectivity index (χ1v) is 10.4. The molecule has 154 valence electrons. The number of rotatable bonds is 6. The number of hydrogen-bond donors (Lipinski definition) is 1. The van der Waals surface area contributed by atoms with Crippen molar-refractivity contribution in [2.75, 3.05) is 26.8 Å². The van der Waals surface area contributed by atoms with Crippen molar-refractivity contribution in [3.63, 3.8) is 0 Å². The molecule has 0 saturated carbocycles. The van der Waals surface area contributed by atoms with E-state index in [9.17, 15) is 4.79 Å². The molecule has 1 N–H and O–H groups in total. The zero-order chi connectivity index (χ0) is 20.4. The summed E-state index contributed by atoms with van der Waals surface area (Å²) in [4.78, 5) is 18.3. The Kier molecular flexibility index (Phi) is 5.72. The standard InChI is InChI=1S/C23H28N2O4/c1-4-15-14-25-11-9-16(15)12-21(25)22(29-23(26)28-5-2)18-8-10-24-20-7-6-17(27-3)13-19(18)20/h4,6-8,10,13,15-16,21-22H,1,5,9,11-12,14H2,2-3H3/p+1/t15-,16+,21-,22-/m0/s1. The van der Waals surface area contributed by atoms with Gasteiger partial charge in [0.25, 0.3) is 0 Å². The lowest BCUT2D eigenvalue weighted by Gasteiger charge is -2.48. The number of nitrogens with zero attached hydrogens (tertiary/aromatic N) is 1. The van der Waals surface area contributed by atoms with E-state index >= 15 is 0 Å². The van der Waals surface area contributed by atoms with Gasteiger partial charge in [-0.15, -0.1) is 6.58 Å². The molecule has 29 heavy (non-hydrogen) atoms. The molecule has 5 rings (SSSR count). The van der Waals surface area contributed by atoms with Gasteiger partial charge in [0.05, 0.1) is 32.3 Å². The Morgan fingerprint density at radius 2 is 2.28 bits per heavy atom. The largest absolute Gasteiger partial charge is 0.509 e. The van der Waals surface area contributed by atoms with Crippen molar-refractivity contribution in [1.82, 2.24) is 4.98 Å². The van der Waals surface area contributed by atoms with Gasteiger partial charge in [-0.1, -0.05) is 6.08 Å². The van der Waals surface area contributed by atoms with Gasteiger partial charge in [0.2, 0.25) is 0 Å². The lowest BCUT2D eigenvalue weighted by molar-refractivity contribution is -0.949. The Hall–Kier alpha value is -2.60. The molecule has 6 nitrogen and oxygen atoms in total. The summed E-state index contributed by atoms with van der Waals surface area (Å²) in [7, 11) is 1.65. The fourth-order valence-corrected chi connectivity index (χ4v) is 5.03. The van der Waals surface area contributed by atoms with Crippen molar-refractivity contribution in [1.29, 1.82) is 0 Å². The highest BCUT2D eigenvalue weighted by Gasteiger charge is 2.47. The van der Waals surface area contributed by atoms with E-state index in [4.69, 9.17) is 14.2 Å². The number of benzene rings is 1. The molecule has 2 aromatic rings. The highest BCUT2D eigenvalue weighted by molar-refractivity contribution is 5.84. The average molecular weight is 397 g/mol. The quantitative estimate of drug-likeness (QED) is 0.600. The van der Waals surface area contributed by atoms with Crippen LogP contribution in [-0.4, -0.2) is 44.0 Å². The van der Waals surface area contributed by atoms with E-state index in [1.54, 1.807) is 20.2 Å². The molecule has 0 amide bonds. The number of carbonyl (C=O) groups is 1. The number of piperidine rings is 3. The number of fused-ring (bicyclic) bond motifs is 4. The number of nitrogens with one attached hydrogen (secondary N) is 1. The van der Waals surface area contributed by atoms with Crippen LogP contribution in [0.15, 0.2) is 43.1 Å². The fraction of sp³-hybridized carbons (Fsp3) is 0.478. The Morgan fingerprint density at radius 3 is 2.97 bits per heavy atom. The molecule has 3 aliphatic rings. The maximum absolute atomic E-state index is 12.3. The second kappa shape index (κ2) is 8.41. The minimum Gasteiger partial charge on any atom is -0.497 e. The third-order valence-electron chi connectivity index (χ3n) is 6.46. The van der Waals surface area contributed by atoms with Crippen LogP contribution in [-0.2, 0) is 9.47 Å². The maximum Gasteiger partial charge on any atom is 0.509 e. The number of hydrogen-bond acceptors (Lipinski definition) is 5. The summed E-state index contributed by atoms with van der Waals surface area (Å²) in [6.07, 6.45) is 5.06. The number of pyridine rings is 1. The van der Waals surface area contributed by atoms with Gasteiger partial charge in [0.15, 0.2) is 6.10 Å². The smallest absolute Gasteiger partial charge is 0.497 e. The Morgan fingerprint density at radius 1 is 1.41 bits per heavy atom. The zero-order valence-electron chi connectivity index (χ0n) is 17.1. The van der Waals surface area contributed by atoms with E-state index in [-0.39, 0.29) is 6.04 Å². The van der Waals surface area contributed by atoms with Crippen LogP contribution in [0.5, 0.6) is 5.75 Å². The summed E-state index contributed by atoms with van der Waals surface area (Å²) in [5.74, 6) is 1.88. The molecule has 0 aliphatic carbocycles. The van der Waals surface area contributed by atoms with Crippen LogP contribution in [0.1, 0.15) is 31.4 Å². The van der Waals surface area contributed by atoms with Gasteiger partial charge in [0.1, 0.15) is 11.8 Å². The molecule has 6 heteroatoms. The molecular weight excluding hydrogens is 368 g/mol.